The van der Waals surface area contributed by atoms with E-state index in [2.05, 4.69) is 19.9 Å². The van der Waals surface area contributed by atoms with Crippen LogP contribution in [-0.2, 0) is 16.4 Å². The molecule has 0 saturated heterocycles. The SMILES string of the molecule is Cc1cc(N)cc(S(=O)(=O)NCCCc2ncn[nH]2)c1. The molecular weight excluding hydrogens is 278 g/mol. The first kappa shape index (κ1) is 14.5. The maximum Gasteiger partial charge on any atom is 0.240 e. The molecule has 0 fully saturated rings. The van der Waals surface area contributed by atoms with E-state index in [9.17, 15) is 8.42 Å². The minimum atomic E-state index is -3.52. The smallest absolute Gasteiger partial charge is 0.240 e. The lowest BCUT2D eigenvalue weighted by atomic mass is 10.2. The van der Waals surface area contributed by atoms with Crippen molar-refractivity contribution < 1.29 is 8.42 Å². The number of H-pyrrole nitrogens is 1. The molecule has 2 rings (SSSR count). The standard InChI is InChI=1S/C12H17N5O2S/c1-9-5-10(13)7-11(6-9)20(18,19)16-4-2-3-12-14-8-15-17-12/h5-8,16H,2-4,13H2,1H3,(H,14,15,17). The molecule has 0 radical (unpaired) electrons. The van der Waals surface area contributed by atoms with Crippen LogP contribution in [0.2, 0.25) is 0 Å². The summed E-state index contributed by atoms with van der Waals surface area (Å²) in [6.07, 6.45) is 2.70. The summed E-state index contributed by atoms with van der Waals surface area (Å²) in [5.74, 6) is 0.740. The van der Waals surface area contributed by atoms with Gasteiger partial charge in [-0.1, -0.05) is 0 Å². The average Bonchev–Trinajstić information content (AvgIpc) is 2.86. The molecule has 7 nitrogen and oxygen atoms in total. The van der Waals surface area contributed by atoms with Crippen LogP contribution in [-0.4, -0.2) is 30.1 Å². The number of anilines is 1. The average molecular weight is 295 g/mol. The van der Waals surface area contributed by atoms with Crippen molar-refractivity contribution in [2.75, 3.05) is 12.3 Å². The fourth-order valence-electron chi connectivity index (χ4n) is 1.83. The largest absolute Gasteiger partial charge is 0.399 e. The molecule has 0 amide bonds. The van der Waals surface area contributed by atoms with Gasteiger partial charge in [-0.15, -0.1) is 0 Å². The summed E-state index contributed by atoms with van der Waals surface area (Å²) in [4.78, 5) is 4.16. The first-order chi connectivity index (χ1) is 9.47. The predicted octanol–water partition coefficient (Wildman–Crippen LogP) is 0.606. The van der Waals surface area contributed by atoms with Crippen molar-refractivity contribution in [3.05, 3.63) is 35.9 Å². The van der Waals surface area contributed by atoms with Crippen LogP contribution >= 0.6 is 0 Å². The van der Waals surface area contributed by atoms with Crippen LogP contribution in [0.15, 0.2) is 29.4 Å². The van der Waals surface area contributed by atoms with Crippen molar-refractivity contribution >= 4 is 15.7 Å². The van der Waals surface area contributed by atoms with Gasteiger partial charge in [0.15, 0.2) is 0 Å². The van der Waals surface area contributed by atoms with E-state index in [1.807, 2.05) is 0 Å². The van der Waals surface area contributed by atoms with Gasteiger partial charge >= 0.3 is 0 Å². The number of aromatic amines is 1. The highest BCUT2D eigenvalue weighted by atomic mass is 32.2. The molecule has 0 saturated carbocycles. The first-order valence-electron chi connectivity index (χ1n) is 6.18. The highest BCUT2D eigenvalue weighted by molar-refractivity contribution is 7.89. The first-order valence-corrected chi connectivity index (χ1v) is 7.67. The van der Waals surface area contributed by atoms with Gasteiger partial charge in [-0.05, 0) is 37.1 Å². The lowest BCUT2D eigenvalue weighted by Gasteiger charge is -2.08. The normalized spacial score (nSPS) is 11.7. The number of benzene rings is 1. The number of nitrogen functional groups attached to an aromatic ring is 1. The minimum Gasteiger partial charge on any atom is -0.399 e. The van der Waals surface area contributed by atoms with Crippen molar-refractivity contribution in [2.24, 2.45) is 0 Å². The summed E-state index contributed by atoms with van der Waals surface area (Å²) < 4.78 is 26.7. The quantitative estimate of drug-likeness (QED) is 0.533. The van der Waals surface area contributed by atoms with Gasteiger partial charge in [0.05, 0.1) is 4.90 Å². The maximum absolute atomic E-state index is 12.1. The summed E-state index contributed by atoms with van der Waals surface area (Å²) in [6.45, 7) is 2.14. The van der Waals surface area contributed by atoms with E-state index >= 15 is 0 Å². The molecule has 8 heteroatoms. The van der Waals surface area contributed by atoms with Crippen molar-refractivity contribution in [3.63, 3.8) is 0 Å². The van der Waals surface area contributed by atoms with E-state index in [-0.39, 0.29) is 4.90 Å². The number of aromatic nitrogens is 3. The molecule has 1 heterocycles. The highest BCUT2D eigenvalue weighted by Gasteiger charge is 2.14. The second-order valence-corrected chi connectivity index (χ2v) is 6.28. The molecule has 1 aromatic heterocycles. The van der Waals surface area contributed by atoms with Crippen LogP contribution in [0, 0.1) is 6.92 Å². The van der Waals surface area contributed by atoms with Crippen LogP contribution in [0.3, 0.4) is 0 Å². The Morgan fingerprint density at radius 2 is 2.15 bits per heavy atom. The van der Waals surface area contributed by atoms with E-state index in [1.54, 1.807) is 19.1 Å². The van der Waals surface area contributed by atoms with Crippen molar-refractivity contribution in [2.45, 2.75) is 24.7 Å². The Kier molecular flexibility index (Phi) is 4.35. The summed E-state index contributed by atoms with van der Waals surface area (Å²) in [5.41, 5.74) is 6.91. The number of hydrogen-bond donors (Lipinski definition) is 3. The molecule has 1 aromatic carbocycles. The number of rotatable bonds is 6. The van der Waals surface area contributed by atoms with E-state index in [0.717, 1.165) is 11.4 Å². The minimum absolute atomic E-state index is 0.190. The predicted molar refractivity (Wildman–Crippen MR) is 75.5 cm³/mol. The number of aryl methyl sites for hydroxylation is 2. The molecule has 0 atom stereocenters. The van der Waals surface area contributed by atoms with Crippen LogP contribution in [0.5, 0.6) is 0 Å². The molecule has 0 aliphatic carbocycles. The van der Waals surface area contributed by atoms with Gasteiger partial charge in [0.1, 0.15) is 12.2 Å². The van der Waals surface area contributed by atoms with Crippen LogP contribution in [0.25, 0.3) is 0 Å². The third-order valence-electron chi connectivity index (χ3n) is 2.73. The monoisotopic (exact) mass is 295 g/mol. The zero-order valence-electron chi connectivity index (χ0n) is 11.1. The van der Waals surface area contributed by atoms with Crippen LogP contribution in [0.4, 0.5) is 5.69 Å². The third-order valence-corrected chi connectivity index (χ3v) is 4.17. The third kappa shape index (κ3) is 3.78. The lowest BCUT2D eigenvalue weighted by Crippen LogP contribution is -2.25. The van der Waals surface area contributed by atoms with E-state index in [1.165, 1.54) is 12.4 Å². The number of nitrogens with two attached hydrogens (primary N) is 1. The summed E-state index contributed by atoms with van der Waals surface area (Å²) in [5, 5.41) is 6.45. The molecule has 4 N–H and O–H groups in total. The van der Waals surface area contributed by atoms with Crippen LogP contribution in [0.1, 0.15) is 17.8 Å². The van der Waals surface area contributed by atoms with E-state index < -0.39 is 10.0 Å². The maximum atomic E-state index is 12.1. The Morgan fingerprint density at radius 3 is 2.80 bits per heavy atom. The Bertz CT molecular complexity index is 647. The lowest BCUT2D eigenvalue weighted by molar-refractivity contribution is 0.578. The van der Waals surface area contributed by atoms with Gasteiger partial charge in [-0.25, -0.2) is 18.1 Å². The molecule has 0 bridgehead atoms. The summed E-state index contributed by atoms with van der Waals surface area (Å²) >= 11 is 0. The molecule has 2 aromatic rings. The van der Waals surface area contributed by atoms with Gasteiger partial charge in [-0.2, -0.15) is 5.10 Å². The Balaban J connectivity index is 1.93. The molecule has 0 aliphatic rings. The van der Waals surface area contributed by atoms with Crippen molar-refractivity contribution in [1.82, 2.24) is 19.9 Å². The van der Waals surface area contributed by atoms with Gasteiger partial charge in [0, 0.05) is 18.7 Å². The zero-order valence-corrected chi connectivity index (χ0v) is 11.9. The molecule has 0 spiro atoms. The molecule has 108 valence electrons. The van der Waals surface area contributed by atoms with Gasteiger partial charge in [0.25, 0.3) is 0 Å². The number of sulfonamides is 1. The molecule has 20 heavy (non-hydrogen) atoms. The van der Waals surface area contributed by atoms with Crippen molar-refractivity contribution in [1.29, 1.82) is 0 Å². The van der Waals surface area contributed by atoms with Crippen LogP contribution < -0.4 is 10.5 Å². The Labute approximate surface area is 117 Å². The second kappa shape index (κ2) is 6.02. The molecular formula is C12H17N5O2S. The van der Waals surface area contributed by atoms with Gasteiger partial charge in [-0.3, -0.25) is 5.10 Å². The molecule has 0 unspecified atom stereocenters. The molecule has 0 aliphatic heterocycles. The summed E-state index contributed by atoms with van der Waals surface area (Å²) in [6, 6.07) is 4.77. The topological polar surface area (TPSA) is 114 Å². The van der Waals surface area contributed by atoms with Gasteiger partial charge in [0.2, 0.25) is 10.0 Å². The zero-order chi connectivity index (χ0) is 14.6. The Hall–Kier alpha value is -1.93. The number of hydrogen-bond acceptors (Lipinski definition) is 5. The number of nitrogens with zero attached hydrogens (tertiary/aromatic N) is 2. The fraction of sp³-hybridized carbons (Fsp3) is 0.333. The highest BCUT2D eigenvalue weighted by Crippen LogP contribution is 2.16. The fourth-order valence-corrected chi connectivity index (χ4v) is 3.04. The summed E-state index contributed by atoms with van der Waals surface area (Å²) in [7, 11) is -3.52. The van der Waals surface area contributed by atoms with E-state index in [4.69, 9.17) is 5.73 Å². The number of nitrogens with one attached hydrogen (secondary N) is 2. The Morgan fingerprint density at radius 1 is 1.35 bits per heavy atom. The van der Waals surface area contributed by atoms with Gasteiger partial charge < -0.3 is 5.73 Å². The van der Waals surface area contributed by atoms with E-state index in [0.29, 0.717) is 25.1 Å². The second-order valence-electron chi connectivity index (χ2n) is 4.51. The van der Waals surface area contributed by atoms with Crippen molar-refractivity contribution in [3.8, 4) is 0 Å².